The zero-order chi connectivity index (χ0) is 12.5. The van der Waals surface area contributed by atoms with Crippen LogP contribution < -0.4 is 0 Å². The Kier molecular flexibility index (Phi) is 3.41. The highest BCUT2D eigenvalue weighted by Gasteiger charge is 2.33. The SMILES string of the molecule is OC1(Cc2ccc(C(F)(F)F)cc2)CCSC1. The lowest BCUT2D eigenvalue weighted by Gasteiger charge is -2.21. The predicted molar refractivity (Wildman–Crippen MR) is 62.0 cm³/mol. The molecule has 2 rings (SSSR count). The van der Waals surface area contributed by atoms with Crippen molar-refractivity contribution in [1.82, 2.24) is 0 Å². The van der Waals surface area contributed by atoms with Crippen LogP contribution in [0.1, 0.15) is 17.5 Å². The molecule has 1 atom stereocenters. The molecular weight excluding hydrogens is 249 g/mol. The van der Waals surface area contributed by atoms with Crippen molar-refractivity contribution in [3.8, 4) is 0 Å². The summed E-state index contributed by atoms with van der Waals surface area (Å²) in [6, 6.07) is 5.04. The molecule has 0 bridgehead atoms. The molecule has 5 heteroatoms. The largest absolute Gasteiger partial charge is 0.416 e. The summed E-state index contributed by atoms with van der Waals surface area (Å²) >= 11 is 1.68. The van der Waals surface area contributed by atoms with Gasteiger partial charge < -0.3 is 5.11 Å². The lowest BCUT2D eigenvalue weighted by atomic mass is 9.93. The molecule has 1 aliphatic rings. The van der Waals surface area contributed by atoms with Crippen molar-refractivity contribution in [3.63, 3.8) is 0 Å². The number of hydrogen-bond donors (Lipinski definition) is 1. The number of aliphatic hydroxyl groups is 1. The molecule has 0 amide bonds. The van der Waals surface area contributed by atoms with Gasteiger partial charge in [-0.3, -0.25) is 0 Å². The molecule has 0 aliphatic carbocycles. The molecule has 1 unspecified atom stereocenters. The molecule has 0 spiro atoms. The second-order valence-electron chi connectivity index (χ2n) is 4.40. The first-order chi connectivity index (χ1) is 7.89. The van der Waals surface area contributed by atoms with Gasteiger partial charge in [0, 0.05) is 12.2 Å². The van der Waals surface area contributed by atoms with E-state index in [0.29, 0.717) is 18.6 Å². The smallest absolute Gasteiger partial charge is 0.389 e. The number of rotatable bonds is 2. The lowest BCUT2D eigenvalue weighted by molar-refractivity contribution is -0.137. The van der Waals surface area contributed by atoms with E-state index < -0.39 is 17.3 Å². The number of hydrogen-bond acceptors (Lipinski definition) is 2. The first kappa shape index (κ1) is 12.8. The van der Waals surface area contributed by atoms with Crippen molar-refractivity contribution in [1.29, 1.82) is 0 Å². The maximum absolute atomic E-state index is 12.3. The van der Waals surface area contributed by atoms with E-state index >= 15 is 0 Å². The van der Waals surface area contributed by atoms with Gasteiger partial charge in [-0.15, -0.1) is 0 Å². The van der Waals surface area contributed by atoms with Gasteiger partial charge in [-0.2, -0.15) is 24.9 Å². The van der Waals surface area contributed by atoms with Gasteiger partial charge >= 0.3 is 6.18 Å². The van der Waals surface area contributed by atoms with Crippen LogP contribution in [0, 0.1) is 0 Å². The summed E-state index contributed by atoms with van der Waals surface area (Å²) in [7, 11) is 0. The normalized spacial score (nSPS) is 25.2. The molecule has 1 fully saturated rings. The van der Waals surface area contributed by atoms with Crippen LogP contribution in [0.3, 0.4) is 0 Å². The van der Waals surface area contributed by atoms with E-state index in [2.05, 4.69) is 0 Å². The Labute approximate surface area is 102 Å². The van der Waals surface area contributed by atoms with Gasteiger partial charge in [0.05, 0.1) is 11.2 Å². The Morgan fingerprint density at radius 2 is 1.88 bits per heavy atom. The number of alkyl halides is 3. The van der Waals surface area contributed by atoms with Gasteiger partial charge in [0.25, 0.3) is 0 Å². The summed E-state index contributed by atoms with van der Waals surface area (Å²) in [4.78, 5) is 0. The van der Waals surface area contributed by atoms with Crippen molar-refractivity contribution >= 4 is 11.8 Å². The maximum Gasteiger partial charge on any atom is 0.416 e. The molecule has 1 nitrogen and oxygen atoms in total. The molecule has 1 aromatic carbocycles. The van der Waals surface area contributed by atoms with Crippen molar-refractivity contribution < 1.29 is 18.3 Å². The molecule has 0 saturated carbocycles. The Morgan fingerprint density at radius 1 is 1.24 bits per heavy atom. The second-order valence-corrected chi connectivity index (χ2v) is 5.50. The van der Waals surface area contributed by atoms with Crippen LogP contribution in [0.5, 0.6) is 0 Å². The Bertz CT molecular complexity index is 380. The van der Waals surface area contributed by atoms with Crippen molar-refractivity contribution in [2.45, 2.75) is 24.6 Å². The molecule has 1 N–H and O–H groups in total. The molecule has 1 heterocycles. The van der Waals surface area contributed by atoms with Crippen LogP contribution in [0.15, 0.2) is 24.3 Å². The van der Waals surface area contributed by atoms with Gasteiger partial charge in [0.1, 0.15) is 0 Å². The minimum Gasteiger partial charge on any atom is -0.389 e. The van der Waals surface area contributed by atoms with Gasteiger partial charge in [-0.25, -0.2) is 0 Å². The highest BCUT2D eigenvalue weighted by Crippen LogP contribution is 2.32. The molecule has 17 heavy (non-hydrogen) atoms. The predicted octanol–water partition coefficient (Wildman–Crippen LogP) is 3.12. The van der Waals surface area contributed by atoms with Crippen LogP contribution >= 0.6 is 11.8 Å². The summed E-state index contributed by atoms with van der Waals surface area (Å²) < 4.78 is 37.0. The van der Waals surface area contributed by atoms with E-state index in [4.69, 9.17) is 0 Å². The van der Waals surface area contributed by atoms with Gasteiger partial charge in [0.2, 0.25) is 0 Å². The maximum atomic E-state index is 12.3. The first-order valence-electron chi connectivity index (χ1n) is 5.35. The van der Waals surface area contributed by atoms with E-state index in [1.807, 2.05) is 0 Å². The number of thioether (sulfide) groups is 1. The summed E-state index contributed by atoms with van der Waals surface area (Å²) in [6.07, 6.45) is -3.16. The van der Waals surface area contributed by atoms with Crippen LogP contribution in [-0.4, -0.2) is 22.2 Å². The summed E-state index contributed by atoms with van der Waals surface area (Å²) in [5.74, 6) is 1.57. The fourth-order valence-electron chi connectivity index (χ4n) is 1.93. The zero-order valence-corrected chi connectivity index (χ0v) is 9.94. The number of halogens is 3. The topological polar surface area (TPSA) is 20.2 Å². The molecule has 1 aromatic rings. The van der Waals surface area contributed by atoms with E-state index in [-0.39, 0.29) is 0 Å². The highest BCUT2D eigenvalue weighted by atomic mass is 32.2. The first-order valence-corrected chi connectivity index (χ1v) is 6.51. The summed E-state index contributed by atoms with van der Waals surface area (Å²) in [6.45, 7) is 0. The van der Waals surface area contributed by atoms with Crippen LogP contribution in [0.2, 0.25) is 0 Å². The van der Waals surface area contributed by atoms with Crippen LogP contribution in [0.4, 0.5) is 13.2 Å². The molecule has 94 valence electrons. The van der Waals surface area contributed by atoms with Gasteiger partial charge in [-0.05, 0) is 29.9 Å². The summed E-state index contributed by atoms with van der Waals surface area (Å²) in [5, 5.41) is 10.1. The zero-order valence-electron chi connectivity index (χ0n) is 9.13. The quantitative estimate of drug-likeness (QED) is 0.883. The van der Waals surface area contributed by atoms with Crippen molar-refractivity contribution in [2.75, 3.05) is 11.5 Å². The monoisotopic (exact) mass is 262 g/mol. The average Bonchev–Trinajstić information content (AvgIpc) is 2.64. The third-order valence-corrected chi connectivity index (χ3v) is 4.13. The van der Waals surface area contributed by atoms with E-state index in [0.717, 1.165) is 23.4 Å². The van der Waals surface area contributed by atoms with Gasteiger partial charge in [0.15, 0.2) is 0 Å². The van der Waals surface area contributed by atoms with Crippen molar-refractivity contribution in [3.05, 3.63) is 35.4 Å². The minimum absolute atomic E-state index is 0.429. The number of benzene rings is 1. The van der Waals surface area contributed by atoms with E-state index in [1.54, 1.807) is 11.8 Å². The minimum atomic E-state index is -4.29. The standard InChI is InChI=1S/C12H13F3OS/c13-12(14,15)10-3-1-9(2-4-10)7-11(16)5-6-17-8-11/h1-4,16H,5-8H2. The Balaban J connectivity index is 2.08. The van der Waals surface area contributed by atoms with Crippen molar-refractivity contribution in [2.24, 2.45) is 0 Å². The highest BCUT2D eigenvalue weighted by molar-refractivity contribution is 7.99. The van der Waals surface area contributed by atoms with Crippen LogP contribution in [-0.2, 0) is 12.6 Å². The van der Waals surface area contributed by atoms with E-state index in [9.17, 15) is 18.3 Å². The lowest BCUT2D eigenvalue weighted by Crippen LogP contribution is -2.30. The van der Waals surface area contributed by atoms with Crippen LogP contribution in [0.25, 0.3) is 0 Å². The molecule has 0 aromatic heterocycles. The Morgan fingerprint density at radius 3 is 2.35 bits per heavy atom. The molecule has 1 saturated heterocycles. The third kappa shape index (κ3) is 3.16. The van der Waals surface area contributed by atoms with Gasteiger partial charge in [-0.1, -0.05) is 12.1 Å². The van der Waals surface area contributed by atoms with E-state index in [1.165, 1.54) is 12.1 Å². The summed E-state index contributed by atoms with van der Waals surface area (Å²) in [5.41, 5.74) is -0.637. The second kappa shape index (κ2) is 4.53. The Hall–Kier alpha value is -0.680. The molecular formula is C12H13F3OS. The average molecular weight is 262 g/mol. The fraction of sp³-hybridized carbons (Fsp3) is 0.500. The fourth-order valence-corrected chi connectivity index (χ4v) is 3.22. The molecule has 0 radical (unpaired) electrons. The molecule has 1 aliphatic heterocycles. The third-order valence-electron chi connectivity index (χ3n) is 2.90.